The molecule has 1 saturated heterocycles. The maximum absolute atomic E-state index is 12.8. The highest BCUT2D eigenvalue weighted by Crippen LogP contribution is 2.34. The maximum Gasteiger partial charge on any atom is 0.340 e. The lowest BCUT2D eigenvalue weighted by atomic mass is 9.99. The summed E-state index contributed by atoms with van der Waals surface area (Å²) >= 11 is 0. The maximum atomic E-state index is 12.8. The molecule has 2 aromatic carbocycles. The third kappa shape index (κ3) is 3.26. The molecule has 7 nitrogen and oxygen atoms in total. The van der Waals surface area contributed by atoms with Crippen LogP contribution >= 0.6 is 0 Å². The van der Waals surface area contributed by atoms with Crippen LogP contribution in [0.1, 0.15) is 24.0 Å². The molecule has 7 heteroatoms. The zero-order valence-electron chi connectivity index (χ0n) is 17.5. The molecule has 32 heavy (non-hydrogen) atoms. The van der Waals surface area contributed by atoms with Crippen LogP contribution in [0.2, 0.25) is 0 Å². The number of benzene rings is 2. The number of aliphatic carboxylic acids is 1. The molecule has 1 aliphatic rings. The molecule has 2 aromatic heterocycles. The van der Waals surface area contributed by atoms with Crippen molar-refractivity contribution in [2.24, 2.45) is 0 Å². The van der Waals surface area contributed by atoms with E-state index in [0.717, 1.165) is 21.9 Å². The third-order valence-corrected chi connectivity index (χ3v) is 6.25. The Bertz CT molecular complexity index is 1420. The molecule has 0 unspecified atom stereocenters. The second-order valence-electron chi connectivity index (χ2n) is 8.11. The van der Waals surface area contributed by atoms with E-state index >= 15 is 0 Å². The zero-order chi connectivity index (χ0) is 22.4. The second-order valence-corrected chi connectivity index (χ2v) is 8.11. The summed E-state index contributed by atoms with van der Waals surface area (Å²) in [5.41, 5.74) is 3.22. The molecule has 0 bridgehead atoms. The predicted octanol–water partition coefficient (Wildman–Crippen LogP) is 4.13. The van der Waals surface area contributed by atoms with Gasteiger partial charge in [-0.15, -0.1) is 0 Å². The largest absolute Gasteiger partial charge is 0.480 e. The monoisotopic (exact) mass is 431 g/mol. The van der Waals surface area contributed by atoms with Gasteiger partial charge in [0.15, 0.2) is 0 Å². The van der Waals surface area contributed by atoms with Crippen molar-refractivity contribution in [3.05, 3.63) is 70.3 Å². The third-order valence-electron chi connectivity index (χ3n) is 6.25. The van der Waals surface area contributed by atoms with Crippen LogP contribution in [0.5, 0.6) is 0 Å². The molecule has 0 radical (unpaired) electrons. The topological polar surface area (TPSA) is 101 Å². The minimum Gasteiger partial charge on any atom is -0.480 e. The van der Waals surface area contributed by atoms with Crippen LogP contribution in [0, 0.1) is 6.92 Å². The predicted molar refractivity (Wildman–Crippen MR) is 119 cm³/mol. The van der Waals surface area contributed by atoms with E-state index in [0.29, 0.717) is 36.1 Å². The molecule has 0 saturated carbocycles. The Labute approximate surface area is 182 Å². The molecular weight excluding hydrogens is 410 g/mol. The Kier molecular flexibility index (Phi) is 4.81. The molecule has 0 aliphatic carbocycles. The Morgan fingerprint density at radius 2 is 1.91 bits per heavy atom. The first-order valence-corrected chi connectivity index (χ1v) is 10.5. The summed E-state index contributed by atoms with van der Waals surface area (Å²) in [4.78, 5) is 38.3. The number of amides is 1. The van der Waals surface area contributed by atoms with Gasteiger partial charge in [0.25, 0.3) is 0 Å². The van der Waals surface area contributed by atoms with Gasteiger partial charge >= 0.3 is 11.6 Å². The molecule has 1 amide bonds. The van der Waals surface area contributed by atoms with Crippen molar-refractivity contribution in [2.75, 3.05) is 6.54 Å². The fraction of sp³-hybridized carbons (Fsp3) is 0.240. The van der Waals surface area contributed by atoms with Crippen molar-refractivity contribution >= 4 is 33.8 Å². The molecule has 5 rings (SSSR count). The van der Waals surface area contributed by atoms with Crippen LogP contribution in [0.15, 0.2) is 62.4 Å². The van der Waals surface area contributed by atoms with E-state index in [1.807, 2.05) is 36.4 Å². The Morgan fingerprint density at radius 1 is 1.12 bits per heavy atom. The quantitative estimate of drug-likeness (QED) is 0.488. The highest BCUT2D eigenvalue weighted by atomic mass is 16.4. The van der Waals surface area contributed by atoms with E-state index in [9.17, 15) is 19.5 Å². The number of fused-ring (bicyclic) bond motifs is 2. The van der Waals surface area contributed by atoms with Crippen LogP contribution in [-0.2, 0) is 16.0 Å². The number of carboxylic acid groups (broad SMARTS) is 1. The molecular formula is C25H21NO6. The van der Waals surface area contributed by atoms with Crippen LogP contribution in [-0.4, -0.2) is 34.5 Å². The van der Waals surface area contributed by atoms with Crippen molar-refractivity contribution in [3.63, 3.8) is 0 Å². The smallest absolute Gasteiger partial charge is 0.340 e. The number of rotatable bonds is 4. The Balaban J connectivity index is 1.58. The van der Waals surface area contributed by atoms with E-state index in [4.69, 9.17) is 8.83 Å². The number of furan rings is 1. The number of aryl methyl sites for hydroxylation is 1. The van der Waals surface area contributed by atoms with Crippen LogP contribution in [0.4, 0.5) is 0 Å². The Morgan fingerprint density at radius 3 is 2.66 bits per heavy atom. The number of carbonyl (C=O) groups excluding carboxylic acids is 1. The van der Waals surface area contributed by atoms with E-state index in [1.54, 1.807) is 19.3 Å². The first-order valence-electron chi connectivity index (χ1n) is 10.5. The van der Waals surface area contributed by atoms with Crippen molar-refractivity contribution in [1.29, 1.82) is 0 Å². The summed E-state index contributed by atoms with van der Waals surface area (Å²) < 4.78 is 11.2. The van der Waals surface area contributed by atoms with Gasteiger partial charge in [-0.1, -0.05) is 30.3 Å². The SMILES string of the molecule is Cc1c(CC(=O)N2CCC[C@@H]2C(=O)O)c(=O)oc2cc3occ(-c4ccccc4)c3cc12. The summed E-state index contributed by atoms with van der Waals surface area (Å²) in [6, 6.07) is 12.6. The van der Waals surface area contributed by atoms with E-state index < -0.39 is 17.6 Å². The van der Waals surface area contributed by atoms with Crippen molar-refractivity contribution < 1.29 is 23.5 Å². The first kappa shape index (κ1) is 20.1. The number of nitrogens with zero attached hydrogens (tertiary/aromatic N) is 1. The van der Waals surface area contributed by atoms with Gasteiger partial charge in [-0.25, -0.2) is 9.59 Å². The van der Waals surface area contributed by atoms with E-state index in [2.05, 4.69) is 0 Å². The normalized spacial score (nSPS) is 16.2. The van der Waals surface area contributed by atoms with Gasteiger partial charge in [0.1, 0.15) is 17.2 Å². The number of carboxylic acids is 1. The number of carbonyl (C=O) groups is 2. The standard InChI is InChI=1S/C25H21NO6/c1-14-16-10-18-19(15-6-3-2-4-7-15)13-31-21(18)12-22(16)32-25(30)17(14)11-23(27)26-9-5-8-20(26)24(28)29/h2-4,6-7,10,12-13,20H,5,8-9,11H2,1H3,(H,28,29)/t20-/m1/s1. The van der Waals surface area contributed by atoms with Crippen molar-refractivity contribution in [1.82, 2.24) is 4.90 Å². The zero-order valence-corrected chi connectivity index (χ0v) is 17.5. The second kappa shape index (κ2) is 7.67. The van der Waals surface area contributed by atoms with Crippen molar-refractivity contribution in [2.45, 2.75) is 32.2 Å². The number of hydrogen-bond donors (Lipinski definition) is 1. The number of likely N-dealkylation sites (tertiary alicyclic amines) is 1. The minimum absolute atomic E-state index is 0.192. The molecule has 3 heterocycles. The van der Waals surface area contributed by atoms with E-state index in [-0.39, 0.29) is 17.9 Å². The lowest BCUT2D eigenvalue weighted by molar-refractivity contribution is -0.148. The van der Waals surface area contributed by atoms with Crippen LogP contribution in [0.25, 0.3) is 33.1 Å². The molecule has 1 fully saturated rings. The fourth-order valence-corrected chi connectivity index (χ4v) is 4.53. The summed E-state index contributed by atoms with van der Waals surface area (Å²) in [7, 11) is 0. The average molecular weight is 431 g/mol. The highest BCUT2D eigenvalue weighted by molar-refractivity contribution is 6.02. The van der Waals surface area contributed by atoms with Crippen LogP contribution < -0.4 is 5.63 Å². The summed E-state index contributed by atoms with van der Waals surface area (Å²) in [6.07, 6.45) is 2.54. The van der Waals surface area contributed by atoms with Gasteiger partial charge in [0, 0.05) is 28.9 Å². The molecule has 0 spiro atoms. The average Bonchev–Trinajstić information content (AvgIpc) is 3.43. The van der Waals surface area contributed by atoms with Crippen molar-refractivity contribution in [3.8, 4) is 11.1 Å². The fourth-order valence-electron chi connectivity index (χ4n) is 4.53. The van der Waals surface area contributed by atoms with Gasteiger partial charge in [-0.2, -0.15) is 0 Å². The molecule has 1 N–H and O–H groups in total. The lowest BCUT2D eigenvalue weighted by Gasteiger charge is -2.21. The van der Waals surface area contributed by atoms with Crippen LogP contribution in [0.3, 0.4) is 0 Å². The summed E-state index contributed by atoms with van der Waals surface area (Å²) in [6.45, 7) is 2.17. The molecule has 1 atom stereocenters. The number of hydrogen-bond acceptors (Lipinski definition) is 5. The van der Waals surface area contributed by atoms with Gasteiger partial charge in [-0.05, 0) is 37.0 Å². The Hall–Kier alpha value is -3.87. The van der Waals surface area contributed by atoms with Gasteiger partial charge in [0.2, 0.25) is 5.91 Å². The first-order chi connectivity index (χ1) is 15.4. The summed E-state index contributed by atoms with van der Waals surface area (Å²) in [5.74, 6) is -1.40. The lowest BCUT2D eigenvalue weighted by Crippen LogP contribution is -2.41. The van der Waals surface area contributed by atoms with Gasteiger partial charge < -0.3 is 18.8 Å². The summed E-state index contributed by atoms with van der Waals surface area (Å²) in [5, 5.41) is 11.0. The minimum atomic E-state index is -1.02. The van der Waals surface area contributed by atoms with Gasteiger partial charge in [-0.3, -0.25) is 4.79 Å². The molecule has 1 aliphatic heterocycles. The van der Waals surface area contributed by atoms with E-state index in [1.165, 1.54) is 4.90 Å². The molecule has 4 aromatic rings. The highest BCUT2D eigenvalue weighted by Gasteiger charge is 2.34. The molecule has 162 valence electrons. The van der Waals surface area contributed by atoms with Gasteiger partial charge in [0.05, 0.1) is 18.2 Å².